The van der Waals surface area contributed by atoms with Gasteiger partial charge in [0, 0.05) is 17.8 Å². The molecule has 6 nitrogen and oxygen atoms in total. The van der Waals surface area contributed by atoms with Crippen LogP contribution in [-0.4, -0.2) is 23.0 Å². The number of anilines is 2. The first-order chi connectivity index (χ1) is 11.7. The second kappa shape index (κ2) is 6.78. The Balaban J connectivity index is 1.81. The number of benzene rings is 1. The highest BCUT2D eigenvalue weighted by Crippen LogP contribution is 2.22. The van der Waals surface area contributed by atoms with Gasteiger partial charge in [-0.1, -0.05) is 12.1 Å². The normalized spacial score (nSPS) is 10.2. The summed E-state index contributed by atoms with van der Waals surface area (Å²) in [5, 5.41) is 2.81. The topological polar surface area (TPSA) is 90.1 Å². The van der Waals surface area contributed by atoms with Crippen molar-refractivity contribution in [3.63, 3.8) is 0 Å². The van der Waals surface area contributed by atoms with Crippen molar-refractivity contribution in [1.82, 2.24) is 9.97 Å². The molecular formula is C18H16N4O2. The number of hydrogen-bond acceptors (Lipinski definition) is 5. The third kappa shape index (κ3) is 3.49. The zero-order valence-electron chi connectivity index (χ0n) is 13.1. The molecule has 3 aromatic rings. The molecule has 0 saturated heterocycles. The van der Waals surface area contributed by atoms with Gasteiger partial charge in [0.2, 0.25) is 5.88 Å². The Labute approximate surface area is 139 Å². The minimum atomic E-state index is -0.217. The lowest BCUT2D eigenvalue weighted by Crippen LogP contribution is -2.12. The number of amides is 1. The van der Waals surface area contributed by atoms with Gasteiger partial charge in [0.15, 0.2) is 0 Å². The fourth-order valence-electron chi connectivity index (χ4n) is 2.25. The first-order valence-corrected chi connectivity index (χ1v) is 7.29. The average molecular weight is 320 g/mol. The van der Waals surface area contributed by atoms with Gasteiger partial charge in [0.05, 0.1) is 19.0 Å². The molecule has 0 aliphatic rings. The van der Waals surface area contributed by atoms with Gasteiger partial charge < -0.3 is 15.8 Å². The van der Waals surface area contributed by atoms with Crippen LogP contribution in [0.4, 0.5) is 11.5 Å². The van der Waals surface area contributed by atoms with Crippen LogP contribution >= 0.6 is 0 Å². The largest absolute Gasteiger partial charge is 0.481 e. The Kier molecular flexibility index (Phi) is 4.38. The van der Waals surface area contributed by atoms with Crippen molar-refractivity contribution >= 4 is 17.4 Å². The van der Waals surface area contributed by atoms with Crippen molar-refractivity contribution in [1.29, 1.82) is 0 Å². The fraction of sp³-hybridized carbons (Fsp3) is 0.0556. The molecule has 0 bridgehead atoms. The van der Waals surface area contributed by atoms with E-state index in [1.165, 1.54) is 7.11 Å². The lowest BCUT2D eigenvalue weighted by atomic mass is 10.0. The zero-order chi connectivity index (χ0) is 16.9. The van der Waals surface area contributed by atoms with E-state index in [1.54, 1.807) is 42.7 Å². The number of carbonyl (C=O) groups is 1. The van der Waals surface area contributed by atoms with Crippen molar-refractivity contribution < 1.29 is 9.53 Å². The maximum atomic E-state index is 12.4. The molecule has 2 aromatic heterocycles. The minimum Gasteiger partial charge on any atom is -0.481 e. The molecular weight excluding hydrogens is 304 g/mol. The Bertz CT molecular complexity index is 863. The van der Waals surface area contributed by atoms with Crippen molar-refractivity contribution in [3.8, 4) is 17.0 Å². The molecule has 2 heterocycles. The van der Waals surface area contributed by atoms with Gasteiger partial charge in [0.25, 0.3) is 5.91 Å². The number of methoxy groups -OCH3 is 1. The monoisotopic (exact) mass is 320 g/mol. The number of nitrogens with one attached hydrogen (secondary N) is 1. The summed E-state index contributed by atoms with van der Waals surface area (Å²) in [6.45, 7) is 0. The van der Waals surface area contributed by atoms with Gasteiger partial charge in [-0.05, 0) is 41.5 Å². The summed E-state index contributed by atoms with van der Waals surface area (Å²) in [5.74, 6) is 0.711. The number of rotatable bonds is 4. The van der Waals surface area contributed by atoms with E-state index in [0.717, 1.165) is 11.1 Å². The van der Waals surface area contributed by atoms with Crippen LogP contribution in [0, 0.1) is 0 Å². The number of ether oxygens (including phenoxy) is 1. The zero-order valence-corrected chi connectivity index (χ0v) is 13.1. The lowest BCUT2D eigenvalue weighted by Gasteiger charge is -2.08. The summed E-state index contributed by atoms with van der Waals surface area (Å²) in [6, 6.07) is 14.3. The van der Waals surface area contributed by atoms with E-state index in [4.69, 9.17) is 10.5 Å². The number of carbonyl (C=O) groups excluding carboxylic acids is 1. The molecule has 6 heteroatoms. The molecule has 24 heavy (non-hydrogen) atoms. The van der Waals surface area contributed by atoms with E-state index in [2.05, 4.69) is 15.3 Å². The van der Waals surface area contributed by atoms with Crippen LogP contribution in [0.15, 0.2) is 60.9 Å². The molecule has 0 saturated carbocycles. The first kappa shape index (κ1) is 15.5. The van der Waals surface area contributed by atoms with E-state index in [1.807, 2.05) is 18.2 Å². The number of hydrogen-bond donors (Lipinski definition) is 2. The molecule has 0 spiro atoms. The van der Waals surface area contributed by atoms with Crippen molar-refractivity contribution in [3.05, 3.63) is 66.5 Å². The number of nitrogens with two attached hydrogens (primary N) is 1. The minimum absolute atomic E-state index is 0.217. The Morgan fingerprint density at radius 3 is 2.62 bits per heavy atom. The molecule has 0 atom stereocenters. The second-order valence-corrected chi connectivity index (χ2v) is 5.09. The quantitative estimate of drug-likeness (QED) is 0.771. The number of pyridine rings is 2. The second-order valence-electron chi connectivity index (χ2n) is 5.09. The van der Waals surface area contributed by atoms with Crippen LogP contribution in [-0.2, 0) is 0 Å². The van der Waals surface area contributed by atoms with Gasteiger partial charge in [-0.25, -0.2) is 9.97 Å². The summed E-state index contributed by atoms with van der Waals surface area (Å²) in [7, 11) is 1.54. The van der Waals surface area contributed by atoms with Crippen molar-refractivity contribution in [2.24, 2.45) is 0 Å². The van der Waals surface area contributed by atoms with E-state index in [-0.39, 0.29) is 5.91 Å². The van der Waals surface area contributed by atoms with E-state index < -0.39 is 0 Å². The highest BCUT2D eigenvalue weighted by molar-refractivity contribution is 6.04. The maximum absolute atomic E-state index is 12.4. The standard InChI is InChI=1S/C18H16N4O2/c1-24-17-6-5-15(11-21-17)22-18(23)14-4-2-3-12(9-14)13-7-8-20-16(19)10-13/h2-11H,1H3,(H2,19,20)(H,22,23). The van der Waals surface area contributed by atoms with Gasteiger partial charge in [-0.15, -0.1) is 0 Å². The Morgan fingerprint density at radius 1 is 1.08 bits per heavy atom. The van der Waals surface area contributed by atoms with E-state index in [9.17, 15) is 4.79 Å². The summed E-state index contributed by atoms with van der Waals surface area (Å²) in [6.07, 6.45) is 3.19. The number of nitrogens with zero attached hydrogens (tertiary/aromatic N) is 2. The summed E-state index contributed by atoms with van der Waals surface area (Å²) in [5.41, 5.74) is 8.65. The highest BCUT2D eigenvalue weighted by Gasteiger charge is 2.08. The smallest absolute Gasteiger partial charge is 0.255 e. The fourth-order valence-corrected chi connectivity index (χ4v) is 2.25. The van der Waals surface area contributed by atoms with E-state index >= 15 is 0 Å². The van der Waals surface area contributed by atoms with Crippen LogP contribution < -0.4 is 15.8 Å². The number of aromatic nitrogens is 2. The number of nitrogen functional groups attached to an aromatic ring is 1. The highest BCUT2D eigenvalue weighted by atomic mass is 16.5. The predicted molar refractivity (Wildman–Crippen MR) is 92.8 cm³/mol. The predicted octanol–water partition coefficient (Wildman–Crippen LogP) is 2.99. The molecule has 1 amide bonds. The molecule has 0 unspecified atom stereocenters. The van der Waals surface area contributed by atoms with Crippen molar-refractivity contribution in [2.45, 2.75) is 0 Å². The van der Waals surface area contributed by atoms with Gasteiger partial charge >= 0.3 is 0 Å². The Hall–Kier alpha value is -3.41. The van der Waals surface area contributed by atoms with Crippen LogP contribution in [0.3, 0.4) is 0 Å². The molecule has 0 radical (unpaired) electrons. The molecule has 3 N–H and O–H groups in total. The first-order valence-electron chi connectivity index (χ1n) is 7.29. The van der Waals surface area contributed by atoms with Crippen LogP contribution in [0.5, 0.6) is 5.88 Å². The molecule has 0 aliphatic heterocycles. The lowest BCUT2D eigenvalue weighted by molar-refractivity contribution is 0.102. The summed E-state index contributed by atoms with van der Waals surface area (Å²) in [4.78, 5) is 20.4. The molecule has 120 valence electrons. The third-order valence-electron chi connectivity index (χ3n) is 3.44. The molecule has 1 aromatic carbocycles. The van der Waals surface area contributed by atoms with Gasteiger partial charge in [0.1, 0.15) is 5.82 Å². The molecule has 0 fully saturated rings. The molecule has 3 rings (SSSR count). The maximum Gasteiger partial charge on any atom is 0.255 e. The summed E-state index contributed by atoms with van der Waals surface area (Å²) >= 11 is 0. The van der Waals surface area contributed by atoms with E-state index in [0.29, 0.717) is 22.9 Å². The van der Waals surface area contributed by atoms with Gasteiger partial charge in [-0.2, -0.15) is 0 Å². The van der Waals surface area contributed by atoms with Crippen molar-refractivity contribution in [2.75, 3.05) is 18.2 Å². The van der Waals surface area contributed by atoms with Gasteiger partial charge in [-0.3, -0.25) is 4.79 Å². The SMILES string of the molecule is COc1ccc(NC(=O)c2cccc(-c3ccnc(N)c3)c2)cn1. The third-order valence-corrected chi connectivity index (χ3v) is 3.44. The van der Waals surface area contributed by atoms with Crippen LogP contribution in [0.1, 0.15) is 10.4 Å². The average Bonchev–Trinajstić information content (AvgIpc) is 2.62. The Morgan fingerprint density at radius 2 is 1.92 bits per heavy atom. The summed E-state index contributed by atoms with van der Waals surface area (Å²) < 4.78 is 4.99. The molecule has 0 aliphatic carbocycles. The van der Waals surface area contributed by atoms with Crippen LogP contribution in [0.25, 0.3) is 11.1 Å². The van der Waals surface area contributed by atoms with Crippen LogP contribution in [0.2, 0.25) is 0 Å².